The summed E-state index contributed by atoms with van der Waals surface area (Å²) in [5.74, 6) is -1.42. The number of aromatic nitrogens is 1. The minimum absolute atomic E-state index is 0.100. The van der Waals surface area contributed by atoms with Crippen LogP contribution >= 0.6 is 0 Å². The Morgan fingerprint density at radius 1 is 1.35 bits per heavy atom. The van der Waals surface area contributed by atoms with Gasteiger partial charge in [0.15, 0.2) is 0 Å². The first-order valence-electron chi connectivity index (χ1n) is 7.59. The van der Waals surface area contributed by atoms with E-state index in [9.17, 15) is 19.1 Å². The fraction of sp³-hybridized carbons (Fsp3) is 0.375. The van der Waals surface area contributed by atoms with Crippen molar-refractivity contribution in [2.24, 2.45) is 0 Å². The van der Waals surface area contributed by atoms with Crippen LogP contribution in [-0.2, 0) is 6.54 Å². The Labute approximate surface area is 132 Å². The van der Waals surface area contributed by atoms with Crippen LogP contribution in [0.2, 0.25) is 0 Å². The number of hydrogen-bond donors (Lipinski definition) is 2. The molecule has 1 aromatic heterocycles. The number of fused-ring (bicyclic) bond motifs is 1. The van der Waals surface area contributed by atoms with E-state index in [4.69, 9.17) is 0 Å². The summed E-state index contributed by atoms with van der Waals surface area (Å²) in [4.78, 5) is 26.3. The number of nitrogens with zero attached hydrogens (tertiary/aromatic N) is 2. The molecule has 0 bridgehead atoms. The zero-order chi connectivity index (χ0) is 16.6. The Bertz CT molecular complexity index is 825. The van der Waals surface area contributed by atoms with Gasteiger partial charge in [-0.25, -0.2) is 9.18 Å². The van der Waals surface area contributed by atoms with Crippen molar-refractivity contribution in [1.29, 1.82) is 0 Å². The topological polar surface area (TPSA) is 74.6 Å². The van der Waals surface area contributed by atoms with Gasteiger partial charge in [-0.3, -0.25) is 4.79 Å². The zero-order valence-electron chi connectivity index (χ0n) is 12.8. The fourth-order valence-electron chi connectivity index (χ4n) is 3.13. The predicted octanol–water partition coefficient (Wildman–Crippen LogP) is 1.27. The molecule has 6 nitrogen and oxygen atoms in total. The molecule has 122 valence electrons. The summed E-state index contributed by atoms with van der Waals surface area (Å²) in [6.07, 6.45) is 0. The Kier molecular flexibility index (Phi) is 4.04. The van der Waals surface area contributed by atoms with E-state index < -0.39 is 17.2 Å². The normalized spacial score (nSPS) is 15.1. The number of rotatable bonds is 3. The van der Waals surface area contributed by atoms with Crippen LogP contribution in [0.25, 0.3) is 10.9 Å². The van der Waals surface area contributed by atoms with E-state index in [1.807, 2.05) is 11.8 Å². The van der Waals surface area contributed by atoms with Gasteiger partial charge in [0.25, 0.3) is 0 Å². The van der Waals surface area contributed by atoms with Crippen molar-refractivity contribution in [3.8, 4) is 0 Å². The number of hydrogen-bond acceptors (Lipinski definition) is 4. The molecule has 1 aliphatic rings. The molecule has 23 heavy (non-hydrogen) atoms. The molecule has 0 unspecified atom stereocenters. The Balaban J connectivity index is 2.40. The molecular formula is C16H18FN3O3. The smallest absolute Gasteiger partial charge is 0.343 e. The third-order valence-corrected chi connectivity index (χ3v) is 4.15. The summed E-state index contributed by atoms with van der Waals surface area (Å²) in [6, 6.07) is 3.93. The van der Waals surface area contributed by atoms with E-state index in [0.717, 1.165) is 19.2 Å². The minimum Gasteiger partial charge on any atom is -0.477 e. The van der Waals surface area contributed by atoms with Crippen LogP contribution in [0.3, 0.4) is 0 Å². The number of carbonyl (C=O) groups is 1. The number of benzene rings is 1. The quantitative estimate of drug-likeness (QED) is 0.891. The second-order valence-corrected chi connectivity index (χ2v) is 5.48. The van der Waals surface area contributed by atoms with Crippen molar-refractivity contribution in [2.75, 3.05) is 31.1 Å². The van der Waals surface area contributed by atoms with Gasteiger partial charge in [-0.15, -0.1) is 0 Å². The second-order valence-electron chi connectivity index (χ2n) is 5.48. The van der Waals surface area contributed by atoms with Gasteiger partial charge in [0.2, 0.25) is 5.43 Å². The largest absolute Gasteiger partial charge is 0.477 e. The van der Waals surface area contributed by atoms with Crippen molar-refractivity contribution in [1.82, 2.24) is 9.88 Å². The summed E-state index contributed by atoms with van der Waals surface area (Å²) in [5.41, 5.74) is -0.366. The van der Waals surface area contributed by atoms with Gasteiger partial charge in [-0.2, -0.15) is 0 Å². The Hall–Kier alpha value is -2.41. The molecule has 3 rings (SSSR count). The molecule has 1 aromatic carbocycles. The SMILES string of the molecule is CCn1c(N2CCNCC2)c(C(=O)O)c(=O)c2cc(F)ccc21. The molecule has 7 heteroatoms. The zero-order valence-corrected chi connectivity index (χ0v) is 12.8. The maximum Gasteiger partial charge on any atom is 0.343 e. The van der Waals surface area contributed by atoms with E-state index in [1.54, 1.807) is 4.57 Å². The van der Waals surface area contributed by atoms with Crippen molar-refractivity contribution in [3.63, 3.8) is 0 Å². The standard InChI is InChI=1S/C16H18FN3O3/c1-2-20-12-4-3-10(17)9-11(12)14(21)13(16(22)23)15(20)19-7-5-18-6-8-19/h3-4,9,18H,2,5-8H2,1H3,(H,22,23). The van der Waals surface area contributed by atoms with Gasteiger partial charge in [0.1, 0.15) is 17.2 Å². The molecule has 0 radical (unpaired) electrons. The van der Waals surface area contributed by atoms with Crippen molar-refractivity contribution >= 4 is 22.7 Å². The first-order chi connectivity index (χ1) is 11.0. The molecule has 2 heterocycles. The van der Waals surface area contributed by atoms with Crippen LogP contribution in [0.5, 0.6) is 0 Å². The van der Waals surface area contributed by atoms with E-state index in [-0.39, 0.29) is 10.9 Å². The number of carboxylic acids is 1. The molecule has 1 saturated heterocycles. The lowest BCUT2D eigenvalue weighted by Crippen LogP contribution is -2.46. The summed E-state index contributed by atoms with van der Waals surface area (Å²) in [5, 5.41) is 12.9. The number of aryl methyl sites for hydroxylation is 1. The number of anilines is 1. The fourth-order valence-corrected chi connectivity index (χ4v) is 3.13. The molecule has 1 fully saturated rings. The van der Waals surface area contributed by atoms with Crippen molar-refractivity contribution in [3.05, 3.63) is 39.8 Å². The molecule has 2 aromatic rings. The average molecular weight is 319 g/mol. The summed E-state index contributed by atoms with van der Waals surface area (Å²) in [7, 11) is 0. The number of aromatic carboxylic acids is 1. The highest BCUT2D eigenvalue weighted by atomic mass is 19.1. The highest BCUT2D eigenvalue weighted by Gasteiger charge is 2.26. The summed E-state index contributed by atoms with van der Waals surface area (Å²) in [6.45, 7) is 5.04. The third-order valence-electron chi connectivity index (χ3n) is 4.15. The van der Waals surface area contributed by atoms with Gasteiger partial charge in [0, 0.05) is 38.1 Å². The molecular weight excluding hydrogens is 301 g/mol. The van der Waals surface area contributed by atoms with E-state index in [1.165, 1.54) is 12.1 Å². The molecule has 2 N–H and O–H groups in total. The van der Waals surface area contributed by atoms with Gasteiger partial charge >= 0.3 is 5.97 Å². The molecule has 0 spiro atoms. The van der Waals surface area contributed by atoms with Crippen LogP contribution in [-0.4, -0.2) is 41.8 Å². The lowest BCUT2D eigenvalue weighted by molar-refractivity contribution is 0.0695. The lowest BCUT2D eigenvalue weighted by Gasteiger charge is -2.33. The summed E-state index contributed by atoms with van der Waals surface area (Å²) < 4.78 is 15.3. The number of piperazine rings is 1. The first-order valence-corrected chi connectivity index (χ1v) is 7.59. The maximum atomic E-state index is 13.5. The number of halogens is 1. The first kappa shape index (κ1) is 15.5. The van der Waals surface area contributed by atoms with E-state index >= 15 is 0 Å². The van der Waals surface area contributed by atoms with Crippen LogP contribution < -0.4 is 15.6 Å². The molecule has 0 saturated carbocycles. The highest BCUT2D eigenvalue weighted by molar-refractivity contribution is 5.98. The van der Waals surface area contributed by atoms with Gasteiger partial charge in [-0.1, -0.05) is 0 Å². The lowest BCUT2D eigenvalue weighted by atomic mass is 10.1. The number of carboxylic acid groups (broad SMARTS) is 1. The second kappa shape index (κ2) is 6.00. The van der Waals surface area contributed by atoms with Crippen molar-refractivity contribution in [2.45, 2.75) is 13.5 Å². The Morgan fingerprint density at radius 2 is 2.04 bits per heavy atom. The van der Waals surface area contributed by atoms with Gasteiger partial charge < -0.3 is 19.9 Å². The molecule has 0 aliphatic carbocycles. The van der Waals surface area contributed by atoms with Crippen molar-refractivity contribution < 1.29 is 14.3 Å². The predicted molar refractivity (Wildman–Crippen MR) is 85.9 cm³/mol. The average Bonchev–Trinajstić information content (AvgIpc) is 2.55. The summed E-state index contributed by atoms with van der Waals surface area (Å²) >= 11 is 0. The van der Waals surface area contributed by atoms with Gasteiger partial charge in [-0.05, 0) is 25.1 Å². The maximum absolute atomic E-state index is 13.5. The van der Waals surface area contributed by atoms with E-state index in [2.05, 4.69) is 5.32 Å². The minimum atomic E-state index is -1.28. The highest BCUT2D eigenvalue weighted by Crippen LogP contribution is 2.25. The number of nitrogens with one attached hydrogen (secondary N) is 1. The number of pyridine rings is 1. The molecule has 1 aliphatic heterocycles. The molecule has 0 amide bonds. The monoisotopic (exact) mass is 319 g/mol. The third kappa shape index (κ3) is 2.57. The van der Waals surface area contributed by atoms with Crippen LogP contribution in [0.4, 0.5) is 10.2 Å². The van der Waals surface area contributed by atoms with Crippen LogP contribution in [0.1, 0.15) is 17.3 Å². The van der Waals surface area contributed by atoms with Crippen LogP contribution in [0, 0.1) is 5.82 Å². The van der Waals surface area contributed by atoms with E-state index in [0.29, 0.717) is 31.0 Å². The van der Waals surface area contributed by atoms with Gasteiger partial charge in [0.05, 0.1) is 5.52 Å². The Morgan fingerprint density at radius 3 is 2.65 bits per heavy atom. The molecule has 0 atom stereocenters. The van der Waals surface area contributed by atoms with Crippen LogP contribution in [0.15, 0.2) is 23.0 Å².